The molecule has 1 N–H and O–H groups in total. The minimum atomic E-state index is -4.49. The van der Waals surface area contributed by atoms with Crippen molar-refractivity contribution in [2.45, 2.75) is 19.5 Å². The number of nitrogens with zero attached hydrogens (tertiary/aromatic N) is 2. The van der Waals surface area contributed by atoms with E-state index in [1.807, 2.05) is 0 Å². The van der Waals surface area contributed by atoms with Crippen molar-refractivity contribution in [3.05, 3.63) is 29.6 Å². The van der Waals surface area contributed by atoms with Gasteiger partial charge < -0.3 is 10.0 Å². The summed E-state index contributed by atoms with van der Waals surface area (Å²) in [5.74, 6) is -2.10. The normalized spacial score (nSPS) is 11.2. The molecule has 0 aromatic carbocycles. The minimum Gasteiger partial charge on any atom is -0.478 e. The van der Waals surface area contributed by atoms with E-state index in [1.54, 1.807) is 6.92 Å². The first-order valence-electron chi connectivity index (χ1n) is 5.80. The number of aromatic nitrogens is 1. The van der Waals surface area contributed by atoms with Crippen LogP contribution in [0.25, 0.3) is 0 Å². The fraction of sp³-hybridized carbons (Fsp3) is 0.417. The van der Waals surface area contributed by atoms with E-state index in [0.717, 1.165) is 18.3 Å². The van der Waals surface area contributed by atoms with Crippen LogP contribution in [0.5, 0.6) is 0 Å². The molecular weight excluding hydrogens is 277 g/mol. The van der Waals surface area contributed by atoms with Gasteiger partial charge in [-0.25, -0.2) is 4.79 Å². The average molecular weight is 290 g/mol. The second kappa shape index (κ2) is 6.36. The monoisotopic (exact) mass is 290 g/mol. The predicted octanol–water partition coefficient (Wildman–Crippen LogP) is 2.19. The summed E-state index contributed by atoms with van der Waals surface area (Å²) in [4.78, 5) is 26.8. The summed E-state index contributed by atoms with van der Waals surface area (Å²) < 4.78 is 37.1. The quantitative estimate of drug-likeness (QED) is 0.902. The Labute approximate surface area is 113 Å². The number of aromatic carboxylic acids is 1. The number of amides is 1. The van der Waals surface area contributed by atoms with Gasteiger partial charge in [-0.2, -0.15) is 13.2 Å². The zero-order valence-corrected chi connectivity index (χ0v) is 10.6. The Morgan fingerprint density at radius 1 is 1.35 bits per heavy atom. The van der Waals surface area contributed by atoms with Gasteiger partial charge in [-0.15, -0.1) is 0 Å². The molecule has 8 heteroatoms. The molecule has 0 aliphatic rings. The fourth-order valence-electron chi connectivity index (χ4n) is 1.55. The lowest BCUT2D eigenvalue weighted by atomic mass is 10.2. The molecule has 0 aliphatic carbocycles. The molecule has 110 valence electrons. The van der Waals surface area contributed by atoms with E-state index in [2.05, 4.69) is 4.98 Å². The number of carboxylic acids is 1. The zero-order chi connectivity index (χ0) is 15.3. The molecule has 1 amide bonds. The van der Waals surface area contributed by atoms with Crippen LogP contribution in [0.1, 0.15) is 34.2 Å². The molecule has 1 rings (SSSR count). The Hall–Kier alpha value is -2.12. The summed E-state index contributed by atoms with van der Waals surface area (Å²) >= 11 is 0. The molecule has 0 atom stereocenters. The maximum atomic E-state index is 12.4. The molecule has 0 saturated carbocycles. The number of halogens is 3. The highest BCUT2D eigenvalue weighted by atomic mass is 19.4. The van der Waals surface area contributed by atoms with Gasteiger partial charge in [0.25, 0.3) is 5.91 Å². The Morgan fingerprint density at radius 2 is 2.00 bits per heavy atom. The Morgan fingerprint density at radius 3 is 2.40 bits per heavy atom. The molecule has 0 radical (unpaired) electrons. The molecule has 1 aromatic heterocycles. The second-order valence-electron chi connectivity index (χ2n) is 4.08. The molecule has 5 nitrogen and oxygen atoms in total. The SMILES string of the molecule is CCCN(CC(F)(F)F)C(=O)c1ccc(C(=O)O)cn1. The summed E-state index contributed by atoms with van der Waals surface area (Å²) in [5.41, 5.74) is -0.355. The fourth-order valence-corrected chi connectivity index (χ4v) is 1.55. The van der Waals surface area contributed by atoms with Crippen molar-refractivity contribution in [3.8, 4) is 0 Å². The first-order valence-corrected chi connectivity index (χ1v) is 5.80. The number of carboxylic acid groups (broad SMARTS) is 1. The third-order valence-corrected chi connectivity index (χ3v) is 2.38. The summed E-state index contributed by atoms with van der Waals surface area (Å²) in [7, 11) is 0. The minimum absolute atomic E-state index is 0.0549. The van der Waals surface area contributed by atoms with Gasteiger partial charge in [0.2, 0.25) is 0 Å². The number of pyridine rings is 1. The predicted molar refractivity (Wildman–Crippen MR) is 63.4 cm³/mol. The smallest absolute Gasteiger partial charge is 0.406 e. The molecular formula is C12H13F3N2O3. The van der Waals surface area contributed by atoms with Crippen LogP contribution in [0.2, 0.25) is 0 Å². The Bertz CT molecular complexity index is 486. The standard InChI is InChI=1S/C12H13F3N2O3/c1-2-5-17(7-12(13,14)15)10(18)9-4-3-8(6-16-9)11(19)20/h3-4,6H,2,5,7H2,1H3,(H,19,20). The average Bonchev–Trinajstić information content (AvgIpc) is 2.36. The van der Waals surface area contributed by atoms with Gasteiger partial charge in [-0.05, 0) is 18.6 Å². The summed E-state index contributed by atoms with van der Waals surface area (Å²) in [6.07, 6.45) is -3.19. The topological polar surface area (TPSA) is 70.5 Å². The van der Waals surface area contributed by atoms with E-state index in [1.165, 1.54) is 0 Å². The first-order chi connectivity index (χ1) is 9.24. The third-order valence-electron chi connectivity index (χ3n) is 2.38. The van der Waals surface area contributed by atoms with Crippen LogP contribution in [0.15, 0.2) is 18.3 Å². The number of hydrogen-bond donors (Lipinski definition) is 1. The highest BCUT2D eigenvalue weighted by molar-refractivity contribution is 5.93. The van der Waals surface area contributed by atoms with Crippen molar-refractivity contribution in [1.29, 1.82) is 0 Å². The molecule has 0 spiro atoms. The molecule has 1 aromatic rings. The van der Waals surface area contributed by atoms with E-state index in [4.69, 9.17) is 5.11 Å². The zero-order valence-electron chi connectivity index (χ0n) is 10.6. The van der Waals surface area contributed by atoms with Crippen molar-refractivity contribution in [3.63, 3.8) is 0 Å². The van der Waals surface area contributed by atoms with Gasteiger partial charge in [0, 0.05) is 12.7 Å². The first kappa shape index (κ1) is 15.9. The molecule has 1 heterocycles. The largest absolute Gasteiger partial charge is 0.478 e. The van der Waals surface area contributed by atoms with Crippen molar-refractivity contribution < 1.29 is 27.9 Å². The number of carbonyl (C=O) groups excluding carboxylic acids is 1. The highest BCUT2D eigenvalue weighted by Crippen LogP contribution is 2.18. The maximum absolute atomic E-state index is 12.4. The van der Waals surface area contributed by atoms with Gasteiger partial charge in [0.05, 0.1) is 5.56 Å². The number of carbonyl (C=O) groups is 2. The van der Waals surface area contributed by atoms with E-state index in [0.29, 0.717) is 11.3 Å². The molecule has 0 bridgehead atoms. The van der Waals surface area contributed by atoms with Crippen molar-refractivity contribution in [2.24, 2.45) is 0 Å². The Balaban J connectivity index is 2.91. The maximum Gasteiger partial charge on any atom is 0.406 e. The van der Waals surface area contributed by atoms with Crippen LogP contribution in [-0.4, -0.2) is 46.1 Å². The highest BCUT2D eigenvalue weighted by Gasteiger charge is 2.33. The van der Waals surface area contributed by atoms with Crippen molar-refractivity contribution in [1.82, 2.24) is 9.88 Å². The van der Waals surface area contributed by atoms with Crippen molar-refractivity contribution >= 4 is 11.9 Å². The van der Waals surface area contributed by atoms with Gasteiger partial charge in [-0.3, -0.25) is 9.78 Å². The lowest BCUT2D eigenvalue weighted by molar-refractivity contribution is -0.140. The van der Waals surface area contributed by atoms with Gasteiger partial charge in [0.1, 0.15) is 12.2 Å². The summed E-state index contributed by atoms with van der Waals surface area (Å²) in [6.45, 7) is 0.236. The number of rotatable bonds is 5. The van der Waals surface area contributed by atoms with Crippen LogP contribution in [-0.2, 0) is 0 Å². The molecule has 0 unspecified atom stereocenters. The lowest BCUT2D eigenvalue weighted by Crippen LogP contribution is -2.39. The van der Waals surface area contributed by atoms with E-state index in [-0.39, 0.29) is 17.8 Å². The van der Waals surface area contributed by atoms with E-state index >= 15 is 0 Å². The van der Waals surface area contributed by atoms with Gasteiger partial charge in [-0.1, -0.05) is 6.92 Å². The molecule has 0 saturated heterocycles. The number of hydrogen-bond acceptors (Lipinski definition) is 3. The van der Waals surface area contributed by atoms with Gasteiger partial charge in [0.15, 0.2) is 0 Å². The second-order valence-corrected chi connectivity index (χ2v) is 4.08. The van der Waals surface area contributed by atoms with Crippen LogP contribution >= 0.6 is 0 Å². The molecule has 0 aliphatic heterocycles. The molecule has 0 fully saturated rings. The summed E-state index contributed by atoms with van der Waals surface area (Å²) in [6, 6.07) is 2.23. The van der Waals surface area contributed by atoms with E-state index < -0.39 is 24.6 Å². The summed E-state index contributed by atoms with van der Waals surface area (Å²) in [5, 5.41) is 8.68. The Kier molecular flexibility index (Phi) is 5.06. The van der Waals surface area contributed by atoms with Gasteiger partial charge >= 0.3 is 12.1 Å². The van der Waals surface area contributed by atoms with Crippen LogP contribution < -0.4 is 0 Å². The van der Waals surface area contributed by atoms with Crippen LogP contribution in [0, 0.1) is 0 Å². The number of alkyl halides is 3. The molecule has 20 heavy (non-hydrogen) atoms. The van der Waals surface area contributed by atoms with Crippen molar-refractivity contribution in [2.75, 3.05) is 13.1 Å². The van der Waals surface area contributed by atoms with E-state index in [9.17, 15) is 22.8 Å². The lowest BCUT2D eigenvalue weighted by Gasteiger charge is -2.23. The van der Waals surface area contributed by atoms with Crippen LogP contribution in [0.4, 0.5) is 13.2 Å². The van der Waals surface area contributed by atoms with Crippen LogP contribution in [0.3, 0.4) is 0 Å². The third kappa shape index (κ3) is 4.52.